The molecule has 0 saturated carbocycles. The van der Waals surface area contributed by atoms with Gasteiger partial charge in [0.2, 0.25) is 0 Å². The number of nitrogens with zero attached hydrogens (tertiary/aromatic N) is 1. The molecule has 3 aliphatic rings. The summed E-state index contributed by atoms with van der Waals surface area (Å²) in [5, 5.41) is 1.43. The van der Waals surface area contributed by atoms with Crippen molar-refractivity contribution in [1.29, 1.82) is 0 Å². The monoisotopic (exact) mass is 537 g/mol. The molecule has 0 N–H and O–H groups in total. The van der Waals surface area contributed by atoms with Crippen LogP contribution in [0.2, 0.25) is 0 Å². The van der Waals surface area contributed by atoms with E-state index in [-0.39, 0.29) is 0 Å². The Morgan fingerprint density at radius 3 is 2.45 bits per heavy atom. The van der Waals surface area contributed by atoms with Crippen LogP contribution in [-0.4, -0.2) is 0 Å². The number of allylic oxidation sites excluding steroid dienone is 8. The van der Waals surface area contributed by atoms with Crippen molar-refractivity contribution < 1.29 is 0 Å². The summed E-state index contributed by atoms with van der Waals surface area (Å²) in [4.78, 5) is 4.01. The SMILES string of the molecule is CC1C=Cc2c(sc3ccc(C4C=CC(N(C5=CC=CCC5)c5ccc(-c6ccccc6)cc5)=CC4C)cc23)C1. The van der Waals surface area contributed by atoms with Crippen molar-refractivity contribution in [2.45, 2.75) is 39.0 Å². The third-order valence-corrected chi connectivity index (χ3v) is 9.76. The first-order chi connectivity index (χ1) is 19.6. The molecule has 0 aliphatic heterocycles. The summed E-state index contributed by atoms with van der Waals surface area (Å²) in [6.07, 6.45) is 22.0. The predicted octanol–water partition coefficient (Wildman–Crippen LogP) is 10.7. The topological polar surface area (TPSA) is 3.24 Å². The molecule has 3 unspecified atom stereocenters. The Bertz CT molecular complexity index is 1690. The molecule has 1 nitrogen and oxygen atoms in total. The molecule has 0 amide bonds. The Balaban J connectivity index is 1.20. The Kier molecular flexibility index (Phi) is 6.65. The van der Waals surface area contributed by atoms with Crippen molar-refractivity contribution in [2.75, 3.05) is 4.90 Å². The zero-order valence-electron chi connectivity index (χ0n) is 23.3. The van der Waals surface area contributed by atoms with Gasteiger partial charge in [0.25, 0.3) is 0 Å². The van der Waals surface area contributed by atoms with Crippen LogP contribution in [0.25, 0.3) is 27.3 Å². The molecule has 0 fully saturated rings. The maximum Gasteiger partial charge on any atom is 0.0458 e. The van der Waals surface area contributed by atoms with E-state index in [1.165, 1.54) is 55.8 Å². The summed E-state index contributed by atoms with van der Waals surface area (Å²) < 4.78 is 1.42. The molecule has 2 heteroatoms. The van der Waals surface area contributed by atoms with Crippen molar-refractivity contribution >= 4 is 33.2 Å². The summed E-state index contributed by atoms with van der Waals surface area (Å²) >= 11 is 1.98. The van der Waals surface area contributed by atoms with E-state index in [0.29, 0.717) is 17.8 Å². The summed E-state index contributed by atoms with van der Waals surface area (Å²) in [5.41, 5.74) is 9.20. The van der Waals surface area contributed by atoms with E-state index in [0.717, 1.165) is 12.8 Å². The molecule has 40 heavy (non-hydrogen) atoms. The molecule has 1 aromatic heterocycles. The average molecular weight is 538 g/mol. The molecule has 3 aromatic carbocycles. The Labute approximate surface area is 242 Å². The van der Waals surface area contributed by atoms with Crippen LogP contribution in [0.5, 0.6) is 0 Å². The van der Waals surface area contributed by atoms with Gasteiger partial charge in [0.1, 0.15) is 0 Å². The highest BCUT2D eigenvalue weighted by atomic mass is 32.1. The Morgan fingerprint density at radius 2 is 1.68 bits per heavy atom. The number of benzene rings is 3. The van der Waals surface area contributed by atoms with Crippen molar-refractivity contribution in [2.24, 2.45) is 11.8 Å². The lowest BCUT2D eigenvalue weighted by molar-refractivity contribution is 0.627. The largest absolute Gasteiger partial charge is 0.315 e. The molecule has 198 valence electrons. The second-order valence-electron chi connectivity index (χ2n) is 11.4. The van der Waals surface area contributed by atoms with Gasteiger partial charge >= 0.3 is 0 Å². The number of hydrogen-bond donors (Lipinski definition) is 0. The molecule has 3 aliphatic carbocycles. The van der Waals surface area contributed by atoms with Crippen LogP contribution in [0, 0.1) is 11.8 Å². The highest BCUT2D eigenvalue weighted by Crippen LogP contribution is 2.41. The fourth-order valence-electron chi connectivity index (χ4n) is 6.41. The molecule has 0 spiro atoms. The van der Waals surface area contributed by atoms with E-state index in [4.69, 9.17) is 0 Å². The number of rotatable bonds is 5. The molecule has 0 saturated heterocycles. The minimum absolute atomic E-state index is 0.373. The minimum atomic E-state index is 0.373. The second kappa shape index (κ2) is 10.6. The van der Waals surface area contributed by atoms with Crippen LogP contribution in [0.3, 0.4) is 0 Å². The van der Waals surface area contributed by atoms with Crippen LogP contribution in [-0.2, 0) is 6.42 Å². The Hall–Kier alpha value is -3.88. The zero-order chi connectivity index (χ0) is 27.1. The molecule has 1 heterocycles. The third-order valence-electron chi connectivity index (χ3n) is 8.56. The van der Waals surface area contributed by atoms with E-state index in [1.807, 2.05) is 11.3 Å². The van der Waals surface area contributed by atoms with Gasteiger partial charge in [-0.05, 0) is 89.8 Å². The van der Waals surface area contributed by atoms with E-state index < -0.39 is 0 Å². The lowest BCUT2D eigenvalue weighted by Crippen LogP contribution is -2.24. The lowest BCUT2D eigenvalue weighted by atomic mass is 9.82. The maximum absolute atomic E-state index is 2.48. The summed E-state index contributed by atoms with van der Waals surface area (Å²) in [7, 11) is 0. The van der Waals surface area contributed by atoms with Crippen molar-refractivity contribution in [1.82, 2.24) is 0 Å². The fraction of sp³-hybridized carbons (Fsp3) is 0.211. The van der Waals surface area contributed by atoms with Crippen molar-refractivity contribution in [3.63, 3.8) is 0 Å². The van der Waals surface area contributed by atoms with Gasteiger partial charge in [-0.1, -0.05) is 98.8 Å². The second-order valence-corrected chi connectivity index (χ2v) is 12.6. The zero-order valence-corrected chi connectivity index (χ0v) is 24.1. The van der Waals surface area contributed by atoms with Gasteiger partial charge in [0.05, 0.1) is 0 Å². The van der Waals surface area contributed by atoms with E-state index in [9.17, 15) is 0 Å². The van der Waals surface area contributed by atoms with Crippen molar-refractivity contribution in [3.05, 3.63) is 143 Å². The van der Waals surface area contributed by atoms with Crippen LogP contribution in [0.1, 0.15) is 48.6 Å². The third kappa shape index (κ3) is 4.71. The first-order valence-electron chi connectivity index (χ1n) is 14.6. The van der Waals surface area contributed by atoms with Crippen molar-refractivity contribution in [3.8, 4) is 11.1 Å². The van der Waals surface area contributed by atoms with E-state index in [2.05, 4.69) is 140 Å². The minimum Gasteiger partial charge on any atom is -0.315 e. The van der Waals surface area contributed by atoms with E-state index in [1.54, 1.807) is 4.88 Å². The molecule has 0 radical (unpaired) electrons. The average Bonchev–Trinajstić information content (AvgIpc) is 3.35. The first-order valence-corrected chi connectivity index (χ1v) is 15.4. The molecular formula is C38H35NS. The van der Waals surface area contributed by atoms with Gasteiger partial charge in [0, 0.05) is 38.0 Å². The number of fused-ring (bicyclic) bond motifs is 3. The first kappa shape index (κ1) is 25.1. The van der Waals surface area contributed by atoms with Gasteiger partial charge < -0.3 is 4.90 Å². The molecule has 4 aromatic rings. The molecular weight excluding hydrogens is 502 g/mol. The lowest BCUT2D eigenvalue weighted by Gasteiger charge is -2.33. The highest BCUT2D eigenvalue weighted by molar-refractivity contribution is 7.19. The number of thiophene rings is 1. The molecule has 7 rings (SSSR count). The van der Waals surface area contributed by atoms with E-state index >= 15 is 0 Å². The fourth-order valence-corrected chi connectivity index (χ4v) is 7.72. The van der Waals surface area contributed by atoms with Gasteiger partial charge in [-0.25, -0.2) is 0 Å². The van der Waals surface area contributed by atoms with Crippen LogP contribution in [0.15, 0.2) is 127 Å². The van der Waals surface area contributed by atoms with Gasteiger partial charge in [-0.15, -0.1) is 11.3 Å². The maximum atomic E-state index is 2.48. The van der Waals surface area contributed by atoms with Crippen LogP contribution in [0.4, 0.5) is 5.69 Å². The number of hydrogen-bond acceptors (Lipinski definition) is 2. The Morgan fingerprint density at radius 1 is 0.850 bits per heavy atom. The smallest absolute Gasteiger partial charge is 0.0458 e. The quantitative estimate of drug-likeness (QED) is 0.245. The van der Waals surface area contributed by atoms with Gasteiger partial charge in [-0.2, -0.15) is 0 Å². The predicted molar refractivity (Wildman–Crippen MR) is 174 cm³/mol. The summed E-state index contributed by atoms with van der Waals surface area (Å²) in [6.45, 7) is 4.68. The summed E-state index contributed by atoms with van der Waals surface area (Å²) in [6, 6.07) is 26.9. The molecule has 3 atom stereocenters. The standard InChI is InChI=1S/C38H35NS/c1-26-13-20-35-36-25-30(16-22-37(36)40-38(35)23-26)34-21-19-33(24-27(34)2)39(31-11-7-4-8-12-31)32-17-14-29(15-18-32)28-9-5-3-6-10-28/h3-7,9-11,13-22,24-27,34H,8,12,23H2,1-2H3. The highest BCUT2D eigenvalue weighted by Gasteiger charge is 2.25. The molecule has 0 bridgehead atoms. The van der Waals surface area contributed by atoms with Crippen LogP contribution < -0.4 is 4.90 Å². The van der Waals surface area contributed by atoms with Gasteiger partial charge in [-0.3, -0.25) is 0 Å². The van der Waals surface area contributed by atoms with Crippen LogP contribution >= 0.6 is 11.3 Å². The number of anilines is 1. The normalized spacial score (nSPS) is 21.7. The van der Waals surface area contributed by atoms with Gasteiger partial charge in [0.15, 0.2) is 0 Å². The summed E-state index contributed by atoms with van der Waals surface area (Å²) in [5.74, 6) is 1.41.